The summed E-state index contributed by atoms with van der Waals surface area (Å²) in [5.74, 6) is -0.296. The highest BCUT2D eigenvalue weighted by atomic mass is 16.7. The van der Waals surface area contributed by atoms with Crippen LogP contribution in [0, 0.1) is 5.41 Å². The summed E-state index contributed by atoms with van der Waals surface area (Å²) in [7, 11) is 1.98. The Hall–Kier alpha value is -3.68. The Bertz CT molecular complexity index is 1370. The SMILES string of the molecule is CN1c2c(C(C)(C)C(=O)NOCc3ccccc3)cccc2C2(C)C1N(OCc1ccccc1)C(=O)C2(C)C. The molecule has 2 amide bonds. The van der Waals surface area contributed by atoms with Crippen LogP contribution in [0.5, 0.6) is 0 Å². The molecule has 3 aromatic rings. The zero-order chi connectivity index (χ0) is 28.0. The Morgan fingerprint density at radius 3 is 2.10 bits per heavy atom. The molecule has 2 aliphatic heterocycles. The van der Waals surface area contributed by atoms with Crippen LogP contribution in [0.3, 0.4) is 0 Å². The van der Waals surface area contributed by atoms with Gasteiger partial charge in [0, 0.05) is 18.2 Å². The fourth-order valence-electron chi connectivity index (χ4n) is 6.01. The van der Waals surface area contributed by atoms with E-state index in [1.54, 1.807) is 5.06 Å². The van der Waals surface area contributed by atoms with Crippen LogP contribution in [-0.4, -0.2) is 30.1 Å². The molecule has 39 heavy (non-hydrogen) atoms. The molecule has 0 saturated carbocycles. The molecule has 0 spiro atoms. The van der Waals surface area contributed by atoms with E-state index < -0.39 is 16.2 Å². The van der Waals surface area contributed by atoms with Crippen LogP contribution in [0.25, 0.3) is 0 Å². The monoisotopic (exact) mass is 527 g/mol. The van der Waals surface area contributed by atoms with E-state index in [1.165, 1.54) is 0 Å². The van der Waals surface area contributed by atoms with Gasteiger partial charge in [0.2, 0.25) is 0 Å². The molecule has 204 valence electrons. The Morgan fingerprint density at radius 1 is 0.897 bits per heavy atom. The molecule has 2 atom stereocenters. The van der Waals surface area contributed by atoms with Gasteiger partial charge in [0.25, 0.3) is 11.8 Å². The van der Waals surface area contributed by atoms with Gasteiger partial charge >= 0.3 is 0 Å². The maximum atomic E-state index is 13.7. The standard InChI is InChI=1S/C32H37N3O4/c1-30(2,27(36)33-38-20-22-14-9-7-10-15-22)24-18-13-19-25-26(24)34(6)28-32(25,5)31(3,4)29(37)35(28)39-21-23-16-11-8-12-17-23/h7-19,28H,20-21H2,1-6H3,(H,33,36). The summed E-state index contributed by atoms with van der Waals surface area (Å²) in [4.78, 5) is 41.1. The minimum absolute atomic E-state index is 0.0554. The lowest BCUT2D eigenvalue weighted by Crippen LogP contribution is -2.49. The van der Waals surface area contributed by atoms with E-state index in [0.29, 0.717) is 6.61 Å². The predicted octanol–water partition coefficient (Wildman–Crippen LogP) is 5.25. The maximum absolute atomic E-state index is 13.7. The largest absolute Gasteiger partial charge is 0.351 e. The number of anilines is 1. The number of fused-ring (bicyclic) bond motifs is 3. The number of carbonyl (C=O) groups is 2. The molecular weight excluding hydrogens is 490 g/mol. The lowest BCUT2D eigenvalue weighted by Gasteiger charge is -2.36. The number of para-hydroxylation sites is 1. The summed E-state index contributed by atoms with van der Waals surface area (Å²) in [5.41, 5.74) is 5.25. The summed E-state index contributed by atoms with van der Waals surface area (Å²) in [5, 5.41) is 1.55. The van der Waals surface area contributed by atoms with Crippen LogP contribution in [0.4, 0.5) is 5.69 Å². The molecule has 1 saturated heterocycles. The molecular formula is C32H37N3O4. The van der Waals surface area contributed by atoms with E-state index in [2.05, 4.69) is 23.4 Å². The Morgan fingerprint density at radius 2 is 1.49 bits per heavy atom. The van der Waals surface area contributed by atoms with E-state index in [-0.39, 0.29) is 24.6 Å². The molecule has 2 aliphatic rings. The first-order chi connectivity index (χ1) is 18.5. The first-order valence-corrected chi connectivity index (χ1v) is 13.3. The highest BCUT2D eigenvalue weighted by Gasteiger charge is 2.68. The molecule has 0 aliphatic carbocycles. The van der Waals surface area contributed by atoms with Crippen molar-refractivity contribution in [2.75, 3.05) is 11.9 Å². The van der Waals surface area contributed by atoms with Gasteiger partial charge in [-0.05, 0) is 49.9 Å². The van der Waals surface area contributed by atoms with Gasteiger partial charge in [-0.15, -0.1) is 0 Å². The number of benzene rings is 3. The highest BCUT2D eigenvalue weighted by Crippen LogP contribution is 2.61. The molecule has 2 unspecified atom stereocenters. The molecule has 7 nitrogen and oxygen atoms in total. The van der Waals surface area contributed by atoms with Crippen LogP contribution in [0.15, 0.2) is 78.9 Å². The van der Waals surface area contributed by atoms with Crippen molar-refractivity contribution >= 4 is 17.5 Å². The Kier molecular flexibility index (Phi) is 6.77. The lowest BCUT2D eigenvalue weighted by molar-refractivity contribution is -0.198. The van der Waals surface area contributed by atoms with Crippen LogP contribution in [0.2, 0.25) is 0 Å². The minimum atomic E-state index is -0.908. The van der Waals surface area contributed by atoms with Crippen molar-refractivity contribution in [3.05, 3.63) is 101 Å². The first-order valence-electron chi connectivity index (χ1n) is 13.3. The number of amides is 2. The fraction of sp³-hybridized carbons (Fsp3) is 0.375. The Balaban J connectivity index is 1.44. The number of hydrogen-bond acceptors (Lipinski definition) is 5. The second-order valence-corrected chi connectivity index (χ2v) is 11.7. The molecule has 0 bridgehead atoms. The normalized spacial score (nSPS) is 21.6. The van der Waals surface area contributed by atoms with Crippen molar-refractivity contribution in [2.45, 2.75) is 64.8 Å². The second kappa shape index (κ2) is 9.81. The number of nitrogens with one attached hydrogen (secondary N) is 1. The maximum Gasteiger partial charge on any atom is 0.254 e. The number of hydroxylamine groups is 3. The van der Waals surface area contributed by atoms with Gasteiger partial charge in [-0.1, -0.05) is 85.8 Å². The highest BCUT2D eigenvalue weighted by molar-refractivity contribution is 5.93. The summed E-state index contributed by atoms with van der Waals surface area (Å²) >= 11 is 0. The van der Waals surface area contributed by atoms with Gasteiger partial charge in [0.1, 0.15) is 12.8 Å². The average molecular weight is 528 g/mol. The van der Waals surface area contributed by atoms with Gasteiger partial charge in [0.05, 0.1) is 17.4 Å². The third kappa shape index (κ3) is 4.21. The summed E-state index contributed by atoms with van der Waals surface area (Å²) < 4.78 is 0. The van der Waals surface area contributed by atoms with Crippen molar-refractivity contribution in [1.82, 2.24) is 10.5 Å². The number of nitrogens with zero attached hydrogens (tertiary/aromatic N) is 2. The molecule has 3 aromatic carbocycles. The van der Waals surface area contributed by atoms with Crippen molar-refractivity contribution in [3.63, 3.8) is 0 Å². The van der Waals surface area contributed by atoms with Gasteiger partial charge in [-0.3, -0.25) is 19.3 Å². The molecule has 2 heterocycles. The van der Waals surface area contributed by atoms with Crippen LogP contribution in [-0.2, 0) is 43.3 Å². The van der Waals surface area contributed by atoms with Crippen molar-refractivity contribution in [3.8, 4) is 0 Å². The molecule has 1 fully saturated rings. The van der Waals surface area contributed by atoms with Gasteiger partial charge in [-0.2, -0.15) is 5.06 Å². The van der Waals surface area contributed by atoms with Crippen molar-refractivity contribution in [2.24, 2.45) is 5.41 Å². The molecule has 1 N–H and O–H groups in total. The van der Waals surface area contributed by atoms with Gasteiger partial charge in [-0.25, -0.2) is 5.48 Å². The second-order valence-electron chi connectivity index (χ2n) is 11.7. The Labute approximate surface area is 230 Å². The number of rotatable bonds is 8. The van der Waals surface area contributed by atoms with Crippen molar-refractivity contribution < 1.29 is 19.3 Å². The minimum Gasteiger partial charge on any atom is -0.351 e. The molecule has 0 radical (unpaired) electrons. The third-order valence-corrected chi connectivity index (χ3v) is 8.79. The number of likely N-dealkylation sites (N-methyl/N-ethyl adjacent to an activating group) is 1. The molecule has 0 aromatic heterocycles. The average Bonchev–Trinajstić information content (AvgIpc) is 3.26. The van der Waals surface area contributed by atoms with Gasteiger partial charge in [0.15, 0.2) is 0 Å². The topological polar surface area (TPSA) is 71.1 Å². The smallest absolute Gasteiger partial charge is 0.254 e. The number of hydrogen-bond donors (Lipinski definition) is 1. The predicted molar refractivity (Wildman–Crippen MR) is 150 cm³/mol. The van der Waals surface area contributed by atoms with Crippen LogP contribution >= 0.6 is 0 Å². The summed E-state index contributed by atoms with van der Waals surface area (Å²) in [6.45, 7) is 10.5. The molecule has 5 rings (SSSR count). The zero-order valence-electron chi connectivity index (χ0n) is 23.5. The van der Waals surface area contributed by atoms with E-state index in [0.717, 1.165) is 27.9 Å². The number of carbonyl (C=O) groups excluding carboxylic acids is 2. The third-order valence-electron chi connectivity index (χ3n) is 8.79. The summed E-state index contributed by atoms with van der Waals surface area (Å²) in [6, 6.07) is 25.6. The zero-order valence-corrected chi connectivity index (χ0v) is 23.5. The van der Waals surface area contributed by atoms with E-state index in [1.807, 2.05) is 108 Å². The van der Waals surface area contributed by atoms with Crippen LogP contribution < -0.4 is 10.4 Å². The fourth-order valence-corrected chi connectivity index (χ4v) is 6.01. The van der Waals surface area contributed by atoms with E-state index >= 15 is 0 Å². The molecule has 7 heteroatoms. The van der Waals surface area contributed by atoms with Crippen molar-refractivity contribution in [1.29, 1.82) is 0 Å². The van der Waals surface area contributed by atoms with Gasteiger partial charge < -0.3 is 4.90 Å². The summed E-state index contributed by atoms with van der Waals surface area (Å²) in [6.07, 6.45) is -0.368. The quantitative estimate of drug-likeness (QED) is 0.406. The lowest BCUT2D eigenvalue weighted by atomic mass is 9.64. The first kappa shape index (κ1) is 26.9. The van der Waals surface area contributed by atoms with E-state index in [9.17, 15) is 9.59 Å². The van der Waals surface area contributed by atoms with Crippen LogP contribution in [0.1, 0.15) is 56.9 Å². The van der Waals surface area contributed by atoms with E-state index in [4.69, 9.17) is 9.68 Å².